The monoisotopic (exact) mass is 186 g/mol. The predicted octanol–water partition coefficient (Wildman–Crippen LogP) is 1.78. The Morgan fingerprint density at radius 3 is 2.92 bits per heavy atom. The Hall–Kier alpha value is -1.22. The number of aromatic hydroxyl groups is 1. The van der Waals surface area contributed by atoms with Gasteiger partial charge in [-0.05, 0) is 18.2 Å². The van der Waals surface area contributed by atoms with Gasteiger partial charge in [0.1, 0.15) is 6.29 Å². The Labute approximate surface area is 74.5 Å². The van der Waals surface area contributed by atoms with Crippen molar-refractivity contribution in [2.45, 2.75) is 0 Å². The van der Waals surface area contributed by atoms with Gasteiger partial charge in [0.05, 0.1) is 0 Å². The highest BCUT2D eigenvalue weighted by Crippen LogP contribution is 2.26. The van der Waals surface area contributed by atoms with E-state index in [1.807, 2.05) is 0 Å². The molecule has 0 fully saturated rings. The van der Waals surface area contributed by atoms with Gasteiger partial charge in [0.15, 0.2) is 17.6 Å². The molecule has 0 aliphatic heterocycles. The van der Waals surface area contributed by atoms with Crippen molar-refractivity contribution in [2.24, 2.45) is 0 Å². The van der Waals surface area contributed by atoms with Crippen LogP contribution in [0.3, 0.4) is 0 Å². The number of rotatable bonds is 3. The van der Waals surface area contributed by atoms with Crippen LogP contribution in [0.5, 0.6) is 11.5 Å². The molecular weight excluding hydrogens is 180 g/mol. The van der Waals surface area contributed by atoms with Crippen LogP contribution >= 0.6 is 11.6 Å². The Morgan fingerprint density at radius 1 is 1.58 bits per heavy atom. The second-order valence-electron chi connectivity index (χ2n) is 2.10. The van der Waals surface area contributed by atoms with Gasteiger partial charge >= 0.3 is 0 Å². The normalized spacial score (nSPS) is 9.42. The Balaban J connectivity index is 2.99. The zero-order chi connectivity index (χ0) is 8.97. The van der Waals surface area contributed by atoms with E-state index in [2.05, 4.69) is 0 Å². The fourth-order valence-electron chi connectivity index (χ4n) is 0.778. The molecule has 0 unspecified atom stereocenters. The van der Waals surface area contributed by atoms with Gasteiger partial charge in [-0.2, -0.15) is 0 Å². The average molecular weight is 187 g/mol. The van der Waals surface area contributed by atoms with Crippen LogP contribution in [0.4, 0.5) is 0 Å². The van der Waals surface area contributed by atoms with E-state index in [1.54, 1.807) is 0 Å². The first-order valence-corrected chi connectivity index (χ1v) is 3.78. The third-order valence-corrected chi connectivity index (χ3v) is 1.44. The van der Waals surface area contributed by atoms with Crippen LogP contribution in [-0.4, -0.2) is 17.5 Å². The molecular formula is C8H7ClO3. The lowest BCUT2D eigenvalue weighted by molar-refractivity contribution is 0.112. The maximum Gasteiger partial charge on any atom is 0.163 e. The van der Waals surface area contributed by atoms with Gasteiger partial charge in [-0.25, -0.2) is 0 Å². The smallest absolute Gasteiger partial charge is 0.163 e. The summed E-state index contributed by atoms with van der Waals surface area (Å²) in [5.74, 6) is 0.191. The molecule has 4 heteroatoms. The molecule has 0 bridgehead atoms. The first-order valence-electron chi connectivity index (χ1n) is 3.25. The molecule has 0 saturated carbocycles. The van der Waals surface area contributed by atoms with Crippen molar-refractivity contribution in [3.63, 3.8) is 0 Å². The van der Waals surface area contributed by atoms with Gasteiger partial charge < -0.3 is 9.84 Å². The summed E-state index contributed by atoms with van der Waals surface area (Å²) in [5.41, 5.74) is 0.438. The summed E-state index contributed by atoms with van der Waals surface area (Å²) >= 11 is 5.28. The maximum absolute atomic E-state index is 10.3. The van der Waals surface area contributed by atoms with Gasteiger partial charge in [-0.15, -0.1) is 0 Å². The second-order valence-corrected chi connectivity index (χ2v) is 2.32. The fourth-order valence-corrected chi connectivity index (χ4v) is 0.896. The minimum Gasteiger partial charge on any atom is -0.504 e. The Bertz CT molecular complexity index is 286. The summed E-state index contributed by atoms with van der Waals surface area (Å²) in [4.78, 5) is 10.3. The van der Waals surface area contributed by atoms with Crippen molar-refractivity contribution in [2.75, 3.05) is 6.07 Å². The number of hydrogen-bond donors (Lipinski definition) is 1. The van der Waals surface area contributed by atoms with Crippen molar-refractivity contribution in [3.8, 4) is 11.5 Å². The molecule has 0 heterocycles. The lowest BCUT2D eigenvalue weighted by atomic mass is 10.2. The Kier molecular flexibility index (Phi) is 2.94. The largest absolute Gasteiger partial charge is 0.504 e. The quantitative estimate of drug-likeness (QED) is 0.578. The molecule has 0 radical (unpaired) electrons. The number of ether oxygens (including phenoxy) is 1. The summed E-state index contributed by atoms with van der Waals surface area (Å²) in [5, 5.41) is 9.16. The van der Waals surface area contributed by atoms with Crippen LogP contribution in [0.1, 0.15) is 10.4 Å². The topological polar surface area (TPSA) is 46.5 Å². The molecule has 0 amide bonds. The fraction of sp³-hybridized carbons (Fsp3) is 0.125. The third-order valence-electron chi connectivity index (χ3n) is 1.33. The van der Waals surface area contributed by atoms with E-state index in [-0.39, 0.29) is 17.6 Å². The SMILES string of the molecule is O=Cc1ccc(O)c(OCCl)c1. The molecule has 1 aromatic rings. The summed E-state index contributed by atoms with van der Waals surface area (Å²) in [6, 6.07) is 4.23. The van der Waals surface area contributed by atoms with Crippen LogP contribution in [0.25, 0.3) is 0 Å². The summed E-state index contributed by atoms with van der Waals surface area (Å²) in [7, 11) is 0. The Morgan fingerprint density at radius 2 is 2.33 bits per heavy atom. The lowest BCUT2D eigenvalue weighted by Crippen LogP contribution is -1.90. The summed E-state index contributed by atoms with van der Waals surface area (Å²) < 4.78 is 4.84. The molecule has 0 aliphatic rings. The van der Waals surface area contributed by atoms with E-state index in [0.29, 0.717) is 11.8 Å². The van der Waals surface area contributed by atoms with E-state index >= 15 is 0 Å². The number of alkyl halides is 1. The highest BCUT2D eigenvalue weighted by atomic mass is 35.5. The molecule has 1 aromatic carbocycles. The van der Waals surface area contributed by atoms with Crippen LogP contribution in [-0.2, 0) is 0 Å². The summed E-state index contributed by atoms with van der Waals surface area (Å²) in [6.07, 6.45) is 0.667. The number of carbonyl (C=O) groups is 1. The van der Waals surface area contributed by atoms with Crippen molar-refractivity contribution in [1.82, 2.24) is 0 Å². The highest BCUT2D eigenvalue weighted by molar-refractivity contribution is 6.17. The van der Waals surface area contributed by atoms with Gasteiger partial charge in [0, 0.05) is 5.56 Å². The molecule has 0 spiro atoms. The zero-order valence-electron chi connectivity index (χ0n) is 6.16. The number of phenolic OH excluding ortho intramolecular Hbond substituents is 1. The van der Waals surface area contributed by atoms with E-state index in [0.717, 1.165) is 0 Å². The highest BCUT2D eigenvalue weighted by Gasteiger charge is 2.02. The molecule has 3 nitrogen and oxygen atoms in total. The first kappa shape index (κ1) is 8.87. The van der Waals surface area contributed by atoms with Gasteiger partial charge in [0.25, 0.3) is 0 Å². The maximum atomic E-state index is 10.3. The minimum atomic E-state index is -0.0597. The van der Waals surface area contributed by atoms with Gasteiger partial charge in [-0.1, -0.05) is 11.6 Å². The van der Waals surface area contributed by atoms with Gasteiger partial charge in [-0.3, -0.25) is 4.79 Å². The minimum absolute atomic E-state index is 0.0266. The number of phenols is 1. The molecule has 0 saturated heterocycles. The molecule has 12 heavy (non-hydrogen) atoms. The van der Waals surface area contributed by atoms with Crippen LogP contribution in [0, 0.1) is 0 Å². The second kappa shape index (κ2) is 3.97. The molecule has 1 N–H and O–H groups in total. The van der Waals surface area contributed by atoms with Crippen LogP contribution in [0.2, 0.25) is 0 Å². The van der Waals surface area contributed by atoms with E-state index in [4.69, 9.17) is 21.4 Å². The average Bonchev–Trinajstić information content (AvgIpc) is 2.09. The van der Waals surface area contributed by atoms with Crippen molar-refractivity contribution in [1.29, 1.82) is 0 Å². The number of aldehydes is 1. The molecule has 0 atom stereocenters. The van der Waals surface area contributed by atoms with E-state index < -0.39 is 0 Å². The third kappa shape index (κ3) is 1.89. The van der Waals surface area contributed by atoms with E-state index in [1.165, 1.54) is 18.2 Å². The summed E-state index contributed by atoms with van der Waals surface area (Å²) in [6.45, 7) is 0. The van der Waals surface area contributed by atoms with Crippen molar-refractivity contribution >= 4 is 17.9 Å². The predicted molar refractivity (Wildman–Crippen MR) is 44.8 cm³/mol. The van der Waals surface area contributed by atoms with Crippen molar-refractivity contribution < 1.29 is 14.6 Å². The zero-order valence-corrected chi connectivity index (χ0v) is 6.91. The molecule has 64 valence electrons. The van der Waals surface area contributed by atoms with Crippen LogP contribution < -0.4 is 4.74 Å². The van der Waals surface area contributed by atoms with E-state index in [9.17, 15) is 4.79 Å². The molecule has 0 aromatic heterocycles. The number of carbonyl (C=O) groups excluding carboxylic acids is 1. The molecule has 0 aliphatic carbocycles. The molecule has 1 rings (SSSR count). The first-order chi connectivity index (χ1) is 5.77. The van der Waals surface area contributed by atoms with Crippen molar-refractivity contribution in [3.05, 3.63) is 23.8 Å². The lowest BCUT2D eigenvalue weighted by Gasteiger charge is -2.03. The number of halogens is 1. The standard InChI is InChI=1S/C8H7ClO3/c9-5-12-8-3-6(4-10)1-2-7(8)11/h1-4,11H,5H2. The number of hydrogen-bond acceptors (Lipinski definition) is 3. The van der Waals surface area contributed by atoms with Gasteiger partial charge in [0.2, 0.25) is 0 Å². The van der Waals surface area contributed by atoms with Crippen LogP contribution in [0.15, 0.2) is 18.2 Å². The number of benzene rings is 1.